The summed E-state index contributed by atoms with van der Waals surface area (Å²) >= 11 is 3.41. The van der Waals surface area contributed by atoms with E-state index in [-0.39, 0.29) is 11.4 Å². The van der Waals surface area contributed by atoms with Crippen LogP contribution in [0.5, 0.6) is 0 Å². The molecule has 0 unspecified atom stereocenters. The number of halogens is 3. The second-order valence-corrected chi connectivity index (χ2v) is 5.13. The molecule has 0 aromatic heterocycles. The lowest BCUT2D eigenvalue weighted by atomic mass is 10.2. The van der Waals surface area contributed by atoms with Crippen molar-refractivity contribution in [2.24, 2.45) is 0 Å². The summed E-state index contributed by atoms with van der Waals surface area (Å²) in [6.45, 7) is 0.388. The third-order valence-electron chi connectivity index (χ3n) is 2.79. The van der Waals surface area contributed by atoms with Crippen LogP contribution >= 0.6 is 15.9 Å². The van der Waals surface area contributed by atoms with Crippen molar-refractivity contribution >= 4 is 27.3 Å². The van der Waals surface area contributed by atoms with Gasteiger partial charge in [0.15, 0.2) is 11.6 Å². The van der Waals surface area contributed by atoms with Gasteiger partial charge in [-0.15, -0.1) is 0 Å². The third kappa shape index (κ3) is 3.04. The number of hydrogen-bond donors (Lipinski definition) is 1. The minimum atomic E-state index is -0.660. The Morgan fingerprint density at radius 3 is 2.32 bits per heavy atom. The lowest BCUT2D eigenvalue weighted by molar-refractivity contribution is 0.577. The number of hydrogen-bond acceptors (Lipinski definition) is 2. The van der Waals surface area contributed by atoms with Crippen LogP contribution in [0.2, 0.25) is 0 Å². The van der Waals surface area contributed by atoms with Gasteiger partial charge >= 0.3 is 0 Å². The zero-order valence-corrected chi connectivity index (χ0v) is 11.9. The highest BCUT2D eigenvalue weighted by Gasteiger charge is 2.15. The molecule has 0 radical (unpaired) electrons. The van der Waals surface area contributed by atoms with Crippen LogP contribution in [-0.4, -0.2) is 7.05 Å². The summed E-state index contributed by atoms with van der Waals surface area (Å²) in [5, 5.41) is 0. The fourth-order valence-electron chi connectivity index (χ4n) is 1.91. The summed E-state index contributed by atoms with van der Waals surface area (Å²) in [4.78, 5) is 1.52. The highest BCUT2D eigenvalue weighted by atomic mass is 79.9. The van der Waals surface area contributed by atoms with Crippen molar-refractivity contribution in [2.75, 3.05) is 17.7 Å². The highest BCUT2D eigenvalue weighted by Crippen LogP contribution is 2.27. The Labute approximate surface area is 119 Å². The van der Waals surface area contributed by atoms with Gasteiger partial charge in [-0.05, 0) is 23.8 Å². The molecule has 100 valence electrons. The second kappa shape index (κ2) is 5.57. The predicted octanol–water partition coefficient (Wildman–Crippen LogP) is 3.95. The Kier molecular flexibility index (Phi) is 4.04. The molecular weight excluding hydrogens is 314 g/mol. The Morgan fingerprint density at radius 2 is 1.74 bits per heavy atom. The average molecular weight is 327 g/mol. The van der Waals surface area contributed by atoms with Crippen LogP contribution in [0.15, 0.2) is 40.9 Å². The molecule has 0 atom stereocenters. The molecule has 0 aliphatic carbocycles. The molecule has 5 heteroatoms. The lowest BCUT2D eigenvalue weighted by Gasteiger charge is -2.21. The van der Waals surface area contributed by atoms with Crippen molar-refractivity contribution in [1.29, 1.82) is 0 Å². The van der Waals surface area contributed by atoms with Crippen LogP contribution < -0.4 is 10.6 Å². The molecule has 0 saturated heterocycles. The lowest BCUT2D eigenvalue weighted by Crippen LogP contribution is -2.19. The predicted molar refractivity (Wildman–Crippen MR) is 77.0 cm³/mol. The van der Waals surface area contributed by atoms with Gasteiger partial charge in [0.25, 0.3) is 0 Å². The second-order valence-electron chi connectivity index (χ2n) is 4.28. The molecule has 2 aromatic carbocycles. The Bertz CT molecular complexity index is 579. The molecule has 0 aliphatic rings. The molecule has 0 heterocycles. The summed E-state index contributed by atoms with van der Waals surface area (Å²) in [6.07, 6.45) is 0. The van der Waals surface area contributed by atoms with Crippen LogP contribution in [0.25, 0.3) is 0 Å². The standard InChI is InChI=1S/C14H13BrF2N2/c1-19(8-9-4-2-3-5-11(9)15)14-12(16)6-10(18)7-13(14)17/h2-7H,8,18H2,1H3. The molecule has 0 spiro atoms. The third-order valence-corrected chi connectivity index (χ3v) is 3.56. The zero-order chi connectivity index (χ0) is 14.0. The first kappa shape index (κ1) is 13.8. The average Bonchev–Trinajstić information content (AvgIpc) is 2.30. The molecule has 2 aromatic rings. The van der Waals surface area contributed by atoms with Gasteiger partial charge in [-0.1, -0.05) is 34.1 Å². The van der Waals surface area contributed by atoms with Gasteiger partial charge in [-0.3, -0.25) is 0 Å². The van der Waals surface area contributed by atoms with Crippen LogP contribution in [0.1, 0.15) is 5.56 Å². The maximum atomic E-state index is 13.8. The topological polar surface area (TPSA) is 29.3 Å². The summed E-state index contributed by atoms with van der Waals surface area (Å²) in [7, 11) is 1.64. The monoisotopic (exact) mass is 326 g/mol. The van der Waals surface area contributed by atoms with Gasteiger partial charge in [0, 0.05) is 23.8 Å². The molecule has 0 bridgehead atoms. The molecule has 2 rings (SSSR count). The minimum absolute atomic E-state index is 0.0769. The van der Waals surface area contributed by atoms with Crippen molar-refractivity contribution in [1.82, 2.24) is 0 Å². The SMILES string of the molecule is CN(Cc1ccccc1Br)c1c(F)cc(N)cc1F. The number of anilines is 2. The maximum Gasteiger partial charge on any atom is 0.151 e. The molecule has 19 heavy (non-hydrogen) atoms. The molecular formula is C14H13BrF2N2. The van der Waals surface area contributed by atoms with Crippen LogP contribution in [0.3, 0.4) is 0 Å². The Balaban J connectivity index is 2.31. The summed E-state index contributed by atoms with van der Waals surface area (Å²) < 4.78 is 28.5. The number of nitrogens with two attached hydrogens (primary N) is 1. The molecule has 2 nitrogen and oxygen atoms in total. The smallest absolute Gasteiger partial charge is 0.151 e. The van der Waals surface area contributed by atoms with E-state index in [9.17, 15) is 8.78 Å². The van der Waals surface area contributed by atoms with Gasteiger partial charge < -0.3 is 10.6 Å². The number of rotatable bonds is 3. The molecule has 0 saturated carbocycles. The molecule has 2 N–H and O–H groups in total. The summed E-state index contributed by atoms with van der Waals surface area (Å²) in [5.74, 6) is -1.32. The van der Waals surface area contributed by atoms with Crippen molar-refractivity contribution < 1.29 is 8.78 Å². The normalized spacial score (nSPS) is 10.5. The quantitative estimate of drug-likeness (QED) is 0.865. The molecule has 0 amide bonds. The van der Waals surface area contributed by atoms with E-state index in [0.29, 0.717) is 6.54 Å². The number of benzene rings is 2. The highest BCUT2D eigenvalue weighted by molar-refractivity contribution is 9.10. The van der Waals surface area contributed by atoms with E-state index in [4.69, 9.17) is 5.73 Å². The fourth-order valence-corrected chi connectivity index (χ4v) is 2.32. The van der Waals surface area contributed by atoms with Gasteiger partial charge in [0.05, 0.1) is 0 Å². The summed E-state index contributed by atoms with van der Waals surface area (Å²) in [5.41, 5.74) is 6.34. The van der Waals surface area contributed by atoms with E-state index in [2.05, 4.69) is 15.9 Å². The van der Waals surface area contributed by atoms with Crippen molar-refractivity contribution in [3.8, 4) is 0 Å². The number of nitrogens with zero attached hydrogens (tertiary/aromatic N) is 1. The molecule has 0 fully saturated rings. The van der Waals surface area contributed by atoms with Gasteiger partial charge in [-0.2, -0.15) is 0 Å². The van der Waals surface area contributed by atoms with Crippen molar-refractivity contribution in [3.63, 3.8) is 0 Å². The largest absolute Gasteiger partial charge is 0.399 e. The molecule has 0 aliphatic heterocycles. The Morgan fingerprint density at radius 1 is 1.16 bits per heavy atom. The van der Waals surface area contributed by atoms with E-state index in [0.717, 1.165) is 22.2 Å². The summed E-state index contributed by atoms with van der Waals surface area (Å²) in [6, 6.07) is 9.79. The first-order valence-corrected chi connectivity index (χ1v) is 6.47. The van der Waals surface area contributed by atoms with Gasteiger partial charge in [0.1, 0.15) is 5.69 Å². The van der Waals surface area contributed by atoms with E-state index in [1.807, 2.05) is 24.3 Å². The fraction of sp³-hybridized carbons (Fsp3) is 0.143. The van der Waals surface area contributed by atoms with Crippen molar-refractivity contribution in [3.05, 3.63) is 58.1 Å². The van der Waals surface area contributed by atoms with Crippen LogP contribution in [0, 0.1) is 11.6 Å². The zero-order valence-electron chi connectivity index (χ0n) is 10.3. The van der Waals surface area contributed by atoms with E-state index >= 15 is 0 Å². The Hall–Kier alpha value is -1.62. The van der Waals surface area contributed by atoms with Crippen molar-refractivity contribution in [2.45, 2.75) is 6.54 Å². The first-order chi connectivity index (χ1) is 8.99. The first-order valence-electron chi connectivity index (χ1n) is 5.68. The van der Waals surface area contributed by atoms with E-state index in [1.54, 1.807) is 7.05 Å². The maximum absolute atomic E-state index is 13.8. The van der Waals surface area contributed by atoms with Crippen LogP contribution in [0.4, 0.5) is 20.2 Å². The van der Waals surface area contributed by atoms with E-state index < -0.39 is 11.6 Å². The van der Waals surface area contributed by atoms with E-state index in [1.165, 1.54) is 4.90 Å². The minimum Gasteiger partial charge on any atom is -0.399 e. The van der Waals surface area contributed by atoms with Gasteiger partial charge in [0.2, 0.25) is 0 Å². The van der Waals surface area contributed by atoms with Crippen LogP contribution in [-0.2, 0) is 6.54 Å². The number of nitrogen functional groups attached to an aromatic ring is 1. The van der Waals surface area contributed by atoms with Gasteiger partial charge in [-0.25, -0.2) is 8.78 Å².